The van der Waals surface area contributed by atoms with Gasteiger partial charge in [-0.2, -0.15) is 0 Å². The Kier molecular flexibility index (Phi) is 8.87. The topological polar surface area (TPSA) is 111 Å². The summed E-state index contributed by atoms with van der Waals surface area (Å²) in [6.45, 7) is 4.18. The lowest BCUT2D eigenvalue weighted by Gasteiger charge is -2.15. The zero-order valence-electron chi connectivity index (χ0n) is 17.9. The standard InChI is InChI=1S/C23H27NO7/c1-4-6-19-20(12-11-18(15(2)25)21(19)26)31-14-5-13-30-17-9-7-16(8-10-17)24-22(27)23(28)29-3/h7-12,26H,4-6,13-14H2,1-3H3,(H,24,27). The maximum Gasteiger partial charge on any atom is 0.396 e. The number of ether oxygens (including phenoxy) is 3. The molecule has 2 rings (SSSR count). The predicted octanol–water partition coefficient (Wildman–Crippen LogP) is 3.51. The number of amides is 1. The zero-order valence-corrected chi connectivity index (χ0v) is 17.9. The number of aromatic hydroxyl groups is 1. The highest BCUT2D eigenvalue weighted by Gasteiger charge is 2.16. The number of phenolic OH excluding ortho intramolecular Hbond substituents is 1. The number of nitrogens with one attached hydrogen (secondary N) is 1. The van der Waals surface area contributed by atoms with Crippen molar-refractivity contribution in [2.24, 2.45) is 0 Å². The van der Waals surface area contributed by atoms with E-state index in [0.717, 1.165) is 13.5 Å². The fourth-order valence-corrected chi connectivity index (χ4v) is 2.87. The van der Waals surface area contributed by atoms with E-state index in [4.69, 9.17) is 9.47 Å². The second-order valence-electron chi connectivity index (χ2n) is 6.77. The Morgan fingerprint density at radius 1 is 1.00 bits per heavy atom. The van der Waals surface area contributed by atoms with Gasteiger partial charge in [-0.1, -0.05) is 13.3 Å². The third kappa shape index (κ3) is 6.74. The lowest BCUT2D eigenvalue weighted by molar-refractivity contribution is -0.150. The maximum absolute atomic E-state index is 11.6. The number of rotatable bonds is 10. The van der Waals surface area contributed by atoms with E-state index >= 15 is 0 Å². The zero-order chi connectivity index (χ0) is 22.8. The summed E-state index contributed by atoms with van der Waals surface area (Å²) < 4.78 is 15.8. The van der Waals surface area contributed by atoms with Gasteiger partial charge in [0.1, 0.15) is 17.2 Å². The molecule has 0 aromatic heterocycles. The van der Waals surface area contributed by atoms with Crippen molar-refractivity contribution in [3.8, 4) is 17.2 Å². The molecule has 8 nitrogen and oxygen atoms in total. The molecule has 0 bridgehead atoms. The van der Waals surface area contributed by atoms with Gasteiger partial charge in [0, 0.05) is 17.7 Å². The molecule has 0 spiro atoms. The van der Waals surface area contributed by atoms with Crippen LogP contribution in [0.3, 0.4) is 0 Å². The first-order valence-electron chi connectivity index (χ1n) is 9.98. The van der Waals surface area contributed by atoms with Crippen molar-refractivity contribution in [1.82, 2.24) is 0 Å². The Hall–Kier alpha value is -3.55. The highest BCUT2D eigenvalue weighted by atomic mass is 16.5. The summed E-state index contributed by atoms with van der Waals surface area (Å²) in [6.07, 6.45) is 2.02. The van der Waals surface area contributed by atoms with Gasteiger partial charge >= 0.3 is 11.9 Å². The summed E-state index contributed by atoms with van der Waals surface area (Å²) in [5.74, 6) is -0.848. The molecule has 0 aliphatic rings. The monoisotopic (exact) mass is 429 g/mol. The number of ketones is 1. The normalized spacial score (nSPS) is 10.3. The fraction of sp³-hybridized carbons (Fsp3) is 0.348. The SMILES string of the molecule is CCCc1c(OCCCOc2ccc(NC(=O)C(=O)OC)cc2)ccc(C(C)=O)c1O. The van der Waals surface area contributed by atoms with Gasteiger partial charge in [0.05, 0.1) is 25.9 Å². The summed E-state index contributed by atoms with van der Waals surface area (Å²) in [5.41, 5.74) is 1.38. The Labute approximate surface area is 181 Å². The highest BCUT2D eigenvalue weighted by Crippen LogP contribution is 2.33. The molecule has 0 heterocycles. The molecule has 0 aliphatic carbocycles. The number of carbonyl (C=O) groups is 3. The molecule has 8 heteroatoms. The fourth-order valence-electron chi connectivity index (χ4n) is 2.87. The molecule has 2 aromatic carbocycles. The Bertz CT molecular complexity index is 922. The number of hydrogen-bond donors (Lipinski definition) is 2. The van der Waals surface area contributed by atoms with Crippen LogP contribution in [-0.2, 0) is 20.7 Å². The molecule has 0 aliphatic heterocycles. The van der Waals surface area contributed by atoms with E-state index in [0.29, 0.717) is 54.4 Å². The first kappa shape index (κ1) is 23.7. The molecule has 166 valence electrons. The highest BCUT2D eigenvalue weighted by molar-refractivity contribution is 6.37. The molecule has 2 N–H and O–H groups in total. The van der Waals surface area contributed by atoms with Crippen molar-refractivity contribution < 1.29 is 33.7 Å². The minimum absolute atomic E-state index is 0.0116. The molecule has 0 saturated heterocycles. The second kappa shape index (κ2) is 11.6. The van der Waals surface area contributed by atoms with Crippen LogP contribution in [0.25, 0.3) is 0 Å². The summed E-state index contributed by atoms with van der Waals surface area (Å²) in [4.78, 5) is 34.2. The lowest BCUT2D eigenvalue weighted by Crippen LogP contribution is -2.23. The molecule has 0 atom stereocenters. The van der Waals surface area contributed by atoms with Crippen molar-refractivity contribution in [1.29, 1.82) is 0 Å². The number of carbonyl (C=O) groups excluding carboxylic acids is 3. The number of phenols is 1. The average Bonchev–Trinajstić information content (AvgIpc) is 2.75. The minimum atomic E-state index is -0.966. The second-order valence-corrected chi connectivity index (χ2v) is 6.77. The van der Waals surface area contributed by atoms with Crippen LogP contribution in [0.15, 0.2) is 36.4 Å². The third-order valence-corrected chi connectivity index (χ3v) is 4.42. The number of methoxy groups -OCH3 is 1. The predicted molar refractivity (Wildman–Crippen MR) is 115 cm³/mol. The number of hydrogen-bond acceptors (Lipinski definition) is 7. The molecular weight excluding hydrogens is 402 g/mol. The van der Waals surface area contributed by atoms with Gasteiger partial charge in [-0.05, 0) is 49.7 Å². The third-order valence-electron chi connectivity index (χ3n) is 4.42. The maximum atomic E-state index is 11.6. The average molecular weight is 429 g/mol. The first-order valence-corrected chi connectivity index (χ1v) is 9.98. The molecule has 0 fully saturated rings. The van der Waals surface area contributed by atoms with Crippen molar-refractivity contribution >= 4 is 23.3 Å². The molecule has 31 heavy (non-hydrogen) atoms. The van der Waals surface area contributed by atoms with E-state index in [1.54, 1.807) is 36.4 Å². The van der Waals surface area contributed by atoms with E-state index in [2.05, 4.69) is 10.1 Å². The van der Waals surface area contributed by atoms with Crippen molar-refractivity contribution in [3.05, 3.63) is 47.5 Å². The Morgan fingerprint density at radius 2 is 1.68 bits per heavy atom. The Balaban J connectivity index is 1.83. The van der Waals surface area contributed by atoms with Crippen molar-refractivity contribution in [3.63, 3.8) is 0 Å². The van der Waals surface area contributed by atoms with Gasteiger partial charge in [0.15, 0.2) is 5.78 Å². The van der Waals surface area contributed by atoms with Gasteiger partial charge in [-0.3, -0.25) is 9.59 Å². The van der Waals surface area contributed by atoms with Gasteiger partial charge in [0.2, 0.25) is 0 Å². The van der Waals surface area contributed by atoms with Crippen LogP contribution in [0.2, 0.25) is 0 Å². The van der Waals surface area contributed by atoms with Crippen LogP contribution in [0, 0.1) is 0 Å². The summed E-state index contributed by atoms with van der Waals surface area (Å²) in [6, 6.07) is 9.86. The van der Waals surface area contributed by atoms with Crippen LogP contribution < -0.4 is 14.8 Å². The number of anilines is 1. The van der Waals surface area contributed by atoms with Crippen LogP contribution in [0.4, 0.5) is 5.69 Å². The van der Waals surface area contributed by atoms with Crippen LogP contribution in [0.5, 0.6) is 17.2 Å². The van der Waals surface area contributed by atoms with Gasteiger partial charge in [-0.15, -0.1) is 0 Å². The van der Waals surface area contributed by atoms with Gasteiger partial charge in [-0.25, -0.2) is 4.79 Å². The number of Topliss-reactive ketones (excluding diaryl/α,β-unsaturated/α-hetero) is 1. The van der Waals surface area contributed by atoms with Crippen LogP contribution >= 0.6 is 0 Å². The van der Waals surface area contributed by atoms with Gasteiger partial charge < -0.3 is 24.6 Å². The molecule has 0 unspecified atom stereocenters. The largest absolute Gasteiger partial charge is 0.507 e. The molecule has 0 radical (unpaired) electrons. The minimum Gasteiger partial charge on any atom is -0.507 e. The molecule has 0 saturated carbocycles. The van der Waals surface area contributed by atoms with Crippen molar-refractivity contribution in [2.45, 2.75) is 33.1 Å². The van der Waals surface area contributed by atoms with Crippen LogP contribution in [0.1, 0.15) is 42.6 Å². The smallest absolute Gasteiger partial charge is 0.396 e. The van der Waals surface area contributed by atoms with E-state index in [1.165, 1.54) is 6.92 Å². The number of benzene rings is 2. The van der Waals surface area contributed by atoms with Gasteiger partial charge in [0.25, 0.3) is 0 Å². The van der Waals surface area contributed by atoms with E-state index < -0.39 is 11.9 Å². The van der Waals surface area contributed by atoms with E-state index in [-0.39, 0.29) is 11.5 Å². The number of esters is 1. The van der Waals surface area contributed by atoms with Crippen LogP contribution in [-0.4, -0.2) is 43.1 Å². The first-order chi connectivity index (χ1) is 14.9. The lowest BCUT2D eigenvalue weighted by atomic mass is 10.0. The molecule has 2 aromatic rings. The van der Waals surface area contributed by atoms with E-state index in [1.807, 2.05) is 6.92 Å². The molecule has 1 amide bonds. The molecular formula is C23H27NO7. The summed E-state index contributed by atoms with van der Waals surface area (Å²) >= 11 is 0. The summed E-state index contributed by atoms with van der Waals surface area (Å²) in [7, 11) is 1.14. The Morgan fingerprint density at radius 3 is 2.29 bits per heavy atom. The summed E-state index contributed by atoms with van der Waals surface area (Å²) in [5, 5.41) is 12.8. The van der Waals surface area contributed by atoms with E-state index in [9.17, 15) is 19.5 Å². The van der Waals surface area contributed by atoms with Crippen molar-refractivity contribution in [2.75, 3.05) is 25.6 Å². The quantitative estimate of drug-likeness (QED) is 0.257.